The molecule has 2 aromatic carbocycles. The highest BCUT2D eigenvalue weighted by Gasteiger charge is 2.06. The Bertz CT molecular complexity index is 1010. The van der Waals surface area contributed by atoms with Gasteiger partial charge in [0.05, 0.1) is 22.9 Å². The van der Waals surface area contributed by atoms with Gasteiger partial charge in [0.2, 0.25) is 0 Å². The minimum Gasteiger partial charge on any atom is -0.364 e. The van der Waals surface area contributed by atoms with Crippen LogP contribution in [-0.2, 0) is 13.0 Å². The Morgan fingerprint density at radius 3 is 2.41 bits per heavy atom. The van der Waals surface area contributed by atoms with Crippen LogP contribution in [0, 0.1) is 6.92 Å². The van der Waals surface area contributed by atoms with Crippen LogP contribution in [-0.4, -0.2) is 15.0 Å². The second-order valence-electron chi connectivity index (χ2n) is 6.30. The molecule has 0 saturated heterocycles. The molecule has 0 aliphatic rings. The summed E-state index contributed by atoms with van der Waals surface area (Å²) in [5, 5.41) is 6.62. The summed E-state index contributed by atoms with van der Waals surface area (Å²) < 4.78 is 0. The predicted octanol–water partition coefficient (Wildman–Crippen LogP) is 5.11. The Morgan fingerprint density at radius 2 is 1.63 bits per heavy atom. The predicted molar refractivity (Wildman–Crippen MR) is 111 cm³/mol. The minimum atomic E-state index is 0.649. The zero-order chi connectivity index (χ0) is 18.5. The fourth-order valence-electron chi connectivity index (χ4n) is 2.88. The molecular weight excluding hydrogens is 352 g/mol. The van der Waals surface area contributed by atoms with Gasteiger partial charge in [0.25, 0.3) is 0 Å². The zero-order valence-electron chi connectivity index (χ0n) is 15.1. The van der Waals surface area contributed by atoms with Crippen LogP contribution in [0.1, 0.15) is 22.1 Å². The van der Waals surface area contributed by atoms with Crippen LogP contribution in [0.5, 0.6) is 0 Å². The molecule has 0 aliphatic carbocycles. The Hall–Kier alpha value is -3.05. The summed E-state index contributed by atoms with van der Waals surface area (Å²) in [7, 11) is 0. The van der Waals surface area contributed by atoms with Crippen molar-refractivity contribution in [1.29, 1.82) is 0 Å². The molecule has 5 heteroatoms. The van der Waals surface area contributed by atoms with E-state index in [2.05, 4.69) is 57.1 Å². The SMILES string of the molecule is Cc1nc(NCc2csc(Cc3ccccc3)n2)cc(-c2ccccc2)n1. The highest BCUT2D eigenvalue weighted by molar-refractivity contribution is 7.09. The lowest BCUT2D eigenvalue weighted by Crippen LogP contribution is -2.04. The van der Waals surface area contributed by atoms with Crippen LogP contribution >= 0.6 is 11.3 Å². The third-order valence-electron chi connectivity index (χ3n) is 4.16. The van der Waals surface area contributed by atoms with E-state index in [9.17, 15) is 0 Å². The van der Waals surface area contributed by atoms with E-state index < -0.39 is 0 Å². The molecule has 2 heterocycles. The molecule has 0 unspecified atom stereocenters. The van der Waals surface area contributed by atoms with Gasteiger partial charge in [-0.3, -0.25) is 0 Å². The lowest BCUT2D eigenvalue weighted by molar-refractivity contribution is 0.991. The van der Waals surface area contributed by atoms with Gasteiger partial charge in [-0.25, -0.2) is 15.0 Å². The van der Waals surface area contributed by atoms with Crippen molar-refractivity contribution >= 4 is 17.2 Å². The standard InChI is InChI=1S/C22H20N4S/c1-16-24-20(18-10-6-3-7-11-18)13-21(25-16)23-14-19-15-27-22(26-19)12-17-8-4-2-5-9-17/h2-11,13,15H,12,14H2,1H3,(H,23,24,25). The molecule has 134 valence electrons. The largest absolute Gasteiger partial charge is 0.364 e. The van der Waals surface area contributed by atoms with Crippen molar-refractivity contribution < 1.29 is 0 Å². The first-order valence-corrected chi connectivity index (χ1v) is 9.76. The third-order valence-corrected chi connectivity index (χ3v) is 5.05. The number of hydrogen-bond acceptors (Lipinski definition) is 5. The second kappa shape index (κ2) is 8.10. The summed E-state index contributed by atoms with van der Waals surface area (Å²) in [5.74, 6) is 1.57. The normalized spacial score (nSPS) is 10.7. The maximum atomic E-state index is 4.74. The molecular formula is C22H20N4S. The molecule has 0 bridgehead atoms. The van der Waals surface area contributed by atoms with Crippen molar-refractivity contribution in [1.82, 2.24) is 15.0 Å². The van der Waals surface area contributed by atoms with Gasteiger partial charge in [-0.05, 0) is 12.5 Å². The van der Waals surface area contributed by atoms with E-state index in [0.717, 1.165) is 40.0 Å². The zero-order valence-corrected chi connectivity index (χ0v) is 15.9. The van der Waals surface area contributed by atoms with Crippen LogP contribution in [0.2, 0.25) is 0 Å². The molecule has 4 aromatic rings. The Labute approximate surface area is 163 Å². The van der Waals surface area contributed by atoms with E-state index in [4.69, 9.17) is 4.98 Å². The maximum absolute atomic E-state index is 4.74. The number of anilines is 1. The Balaban J connectivity index is 1.44. The molecule has 2 aromatic heterocycles. The molecule has 27 heavy (non-hydrogen) atoms. The van der Waals surface area contributed by atoms with Crippen LogP contribution in [0.4, 0.5) is 5.82 Å². The molecule has 0 spiro atoms. The smallest absolute Gasteiger partial charge is 0.130 e. The van der Waals surface area contributed by atoms with Gasteiger partial charge in [0, 0.05) is 23.4 Å². The van der Waals surface area contributed by atoms with Crippen LogP contribution in [0.25, 0.3) is 11.3 Å². The molecule has 4 nitrogen and oxygen atoms in total. The van der Waals surface area contributed by atoms with Gasteiger partial charge >= 0.3 is 0 Å². The Morgan fingerprint density at radius 1 is 0.889 bits per heavy atom. The van der Waals surface area contributed by atoms with Gasteiger partial charge < -0.3 is 5.32 Å². The maximum Gasteiger partial charge on any atom is 0.130 e. The van der Waals surface area contributed by atoms with Crippen LogP contribution in [0.15, 0.2) is 72.1 Å². The fraction of sp³-hybridized carbons (Fsp3) is 0.136. The topological polar surface area (TPSA) is 50.7 Å². The average molecular weight is 372 g/mol. The number of hydrogen-bond donors (Lipinski definition) is 1. The fourth-order valence-corrected chi connectivity index (χ4v) is 3.71. The molecule has 1 N–H and O–H groups in total. The van der Waals surface area contributed by atoms with Crippen molar-refractivity contribution in [3.63, 3.8) is 0 Å². The quantitative estimate of drug-likeness (QED) is 0.511. The van der Waals surface area contributed by atoms with Crippen molar-refractivity contribution in [2.45, 2.75) is 19.9 Å². The highest BCUT2D eigenvalue weighted by atomic mass is 32.1. The first-order valence-electron chi connectivity index (χ1n) is 8.88. The average Bonchev–Trinajstić information content (AvgIpc) is 3.15. The summed E-state index contributed by atoms with van der Waals surface area (Å²) in [6.07, 6.45) is 0.871. The summed E-state index contributed by atoms with van der Waals surface area (Å²) >= 11 is 1.70. The lowest BCUT2D eigenvalue weighted by atomic mass is 10.1. The number of benzene rings is 2. The van der Waals surface area contributed by atoms with Gasteiger partial charge in [-0.15, -0.1) is 11.3 Å². The van der Waals surface area contributed by atoms with E-state index in [1.807, 2.05) is 37.3 Å². The van der Waals surface area contributed by atoms with E-state index in [1.54, 1.807) is 11.3 Å². The van der Waals surface area contributed by atoms with Crippen molar-refractivity contribution in [3.8, 4) is 11.3 Å². The van der Waals surface area contributed by atoms with E-state index in [1.165, 1.54) is 5.56 Å². The van der Waals surface area contributed by atoms with Gasteiger partial charge in [-0.1, -0.05) is 60.7 Å². The lowest BCUT2D eigenvalue weighted by Gasteiger charge is -2.08. The van der Waals surface area contributed by atoms with E-state index in [0.29, 0.717) is 6.54 Å². The van der Waals surface area contributed by atoms with Gasteiger partial charge in [-0.2, -0.15) is 0 Å². The molecule has 0 fully saturated rings. The molecule has 0 amide bonds. The number of rotatable bonds is 6. The summed E-state index contributed by atoms with van der Waals surface area (Å²) in [4.78, 5) is 13.8. The highest BCUT2D eigenvalue weighted by Crippen LogP contribution is 2.20. The summed E-state index contributed by atoms with van der Waals surface area (Å²) in [5.41, 5.74) is 4.33. The van der Waals surface area contributed by atoms with E-state index in [-0.39, 0.29) is 0 Å². The number of thiazole rings is 1. The first-order chi connectivity index (χ1) is 13.3. The third kappa shape index (κ3) is 4.57. The summed E-state index contributed by atoms with van der Waals surface area (Å²) in [6, 6.07) is 22.6. The number of nitrogens with zero attached hydrogens (tertiary/aromatic N) is 3. The van der Waals surface area contributed by atoms with Crippen LogP contribution < -0.4 is 5.32 Å². The molecule has 0 aliphatic heterocycles. The van der Waals surface area contributed by atoms with Crippen molar-refractivity contribution in [3.05, 3.63) is 94.2 Å². The van der Waals surface area contributed by atoms with Gasteiger partial charge in [0.1, 0.15) is 11.6 Å². The van der Waals surface area contributed by atoms with E-state index >= 15 is 0 Å². The Kier molecular flexibility index (Phi) is 5.21. The van der Waals surface area contributed by atoms with Crippen molar-refractivity contribution in [2.75, 3.05) is 5.32 Å². The van der Waals surface area contributed by atoms with Crippen molar-refractivity contribution in [2.24, 2.45) is 0 Å². The molecule has 0 saturated carbocycles. The second-order valence-corrected chi connectivity index (χ2v) is 7.24. The number of nitrogens with one attached hydrogen (secondary N) is 1. The number of aryl methyl sites for hydroxylation is 1. The monoisotopic (exact) mass is 372 g/mol. The van der Waals surface area contributed by atoms with Gasteiger partial charge in [0.15, 0.2) is 0 Å². The first kappa shape index (κ1) is 17.4. The molecule has 0 atom stereocenters. The summed E-state index contributed by atoms with van der Waals surface area (Å²) in [6.45, 7) is 2.56. The molecule has 0 radical (unpaired) electrons. The minimum absolute atomic E-state index is 0.649. The number of aromatic nitrogens is 3. The van der Waals surface area contributed by atoms with Crippen LogP contribution in [0.3, 0.4) is 0 Å². The molecule has 4 rings (SSSR count).